The Morgan fingerprint density at radius 3 is 2.93 bits per heavy atom. The smallest absolute Gasteiger partial charge is 0.124 e. The fraction of sp³-hybridized carbons (Fsp3) is 0.500. The highest BCUT2D eigenvalue weighted by Crippen LogP contribution is 2.24. The Hall–Kier alpha value is -0.410. The summed E-state index contributed by atoms with van der Waals surface area (Å²) in [6.45, 7) is 4.33. The van der Waals surface area contributed by atoms with Crippen LogP contribution in [0.2, 0.25) is 0 Å². The molecule has 82 valence electrons. The molecule has 0 amide bonds. The van der Waals surface area contributed by atoms with E-state index in [9.17, 15) is 4.39 Å². The van der Waals surface area contributed by atoms with Gasteiger partial charge in [-0.3, -0.25) is 4.90 Å². The summed E-state index contributed by atoms with van der Waals surface area (Å²) < 4.78 is 13.8. The van der Waals surface area contributed by atoms with E-state index in [1.807, 2.05) is 6.07 Å². The molecule has 1 nitrogen and oxygen atoms in total. The molecule has 0 unspecified atom stereocenters. The maximum Gasteiger partial charge on any atom is 0.124 e. The number of likely N-dealkylation sites (tertiary alicyclic amines) is 1. The summed E-state index contributed by atoms with van der Waals surface area (Å²) in [6.07, 6.45) is 2.55. The third kappa shape index (κ3) is 2.58. The summed E-state index contributed by atoms with van der Waals surface area (Å²) in [5.74, 6) is -0.180. The van der Waals surface area contributed by atoms with E-state index in [4.69, 9.17) is 0 Å². The molecular weight excluding hydrogens is 257 g/mol. The Labute approximate surface area is 98.4 Å². The summed E-state index contributed by atoms with van der Waals surface area (Å²) in [7, 11) is 0. The molecule has 2 rings (SSSR count). The zero-order valence-electron chi connectivity index (χ0n) is 8.84. The lowest BCUT2D eigenvalue weighted by atomic mass is 10.2. The highest BCUT2D eigenvalue weighted by molar-refractivity contribution is 9.10. The van der Waals surface area contributed by atoms with Crippen LogP contribution in [0.3, 0.4) is 0 Å². The third-order valence-corrected chi connectivity index (χ3v) is 3.82. The average molecular weight is 272 g/mol. The van der Waals surface area contributed by atoms with Crippen molar-refractivity contribution < 1.29 is 4.39 Å². The van der Waals surface area contributed by atoms with Crippen molar-refractivity contribution in [1.82, 2.24) is 4.90 Å². The van der Waals surface area contributed by atoms with Crippen molar-refractivity contribution >= 4 is 15.9 Å². The minimum atomic E-state index is -0.180. The van der Waals surface area contributed by atoms with Gasteiger partial charge in [-0.2, -0.15) is 0 Å². The maximum absolute atomic E-state index is 12.9. The molecule has 1 heterocycles. The molecule has 0 aliphatic carbocycles. The first kappa shape index (κ1) is 11.1. The van der Waals surface area contributed by atoms with Crippen LogP contribution >= 0.6 is 15.9 Å². The summed E-state index contributed by atoms with van der Waals surface area (Å²) in [5, 5.41) is 0. The fourth-order valence-electron chi connectivity index (χ4n) is 2.10. The van der Waals surface area contributed by atoms with Crippen molar-refractivity contribution in [3.63, 3.8) is 0 Å². The van der Waals surface area contributed by atoms with E-state index in [0.717, 1.165) is 17.6 Å². The molecule has 1 aromatic carbocycles. The predicted molar refractivity (Wildman–Crippen MR) is 63.2 cm³/mol. The van der Waals surface area contributed by atoms with Crippen molar-refractivity contribution in [2.24, 2.45) is 0 Å². The second-order valence-electron chi connectivity index (χ2n) is 4.20. The number of rotatable bonds is 2. The zero-order chi connectivity index (χ0) is 10.8. The molecule has 1 saturated heterocycles. The summed E-state index contributed by atoms with van der Waals surface area (Å²) >= 11 is 3.41. The molecular formula is C12H15BrFN. The third-order valence-electron chi connectivity index (χ3n) is 3.08. The maximum atomic E-state index is 12.9. The first-order chi connectivity index (χ1) is 7.16. The van der Waals surface area contributed by atoms with Crippen LogP contribution in [-0.2, 0) is 6.54 Å². The summed E-state index contributed by atoms with van der Waals surface area (Å²) in [6, 6.07) is 5.59. The highest BCUT2D eigenvalue weighted by atomic mass is 79.9. The normalized spacial score (nSPS) is 22.2. The molecule has 1 aliphatic heterocycles. The van der Waals surface area contributed by atoms with E-state index < -0.39 is 0 Å². The molecule has 15 heavy (non-hydrogen) atoms. The van der Waals surface area contributed by atoms with E-state index in [-0.39, 0.29) is 5.82 Å². The zero-order valence-corrected chi connectivity index (χ0v) is 10.4. The van der Waals surface area contributed by atoms with Crippen molar-refractivity contribution in [2.45, 2.75) is 32.4 Å². The second kappa shape index (κ2) is 4.62. The van der Waals surface area contributed by atoms with Gasteiger partial charge >= 0.3 is 0 Å². The van der Waals surface area contributed by atoms with Gasteiger partial charge in [0, 0.05) is 17.1 Å². The largest absolute Gasteiger partial charge is 0.296 e. The van der Waals surface area contributed by atoms with Crippen LogP contribution in [0, 0.1) is 5.82 Å². The standard InChI is InChI=1S/C12H15BrFN/c1-9-3-2-6-15(9)8-10-4-5-11(14)7-12(10)13/h4-5,7,9H,2-3,6,8H2,1H3/t9-/m1/s1. The van der Waals surface area contributed by atoms with E-state index in [0.29, 0.717) is 6.04 Å². The lowest BCUT2D eigenvalue weighted by molar-refractivity contribution is 0.260. The van der Waals surface area contributed by atoms with Crippen LogP contribution in [0.5, 0.6) is 0 Å². The molecule has 0 radical (unpaired) electrons. The highest BCUT2D eigenvalue weighted by Gasteiger charge is 2.20. The molecule has 0 N–H and O–H groups in total. The number of nitrogens with zero attached hydrogens (tertiary/aromatic N) is 1. The van der Waals surface area contributed by atoms with Crippen LogP contribution < -0.4 is 0 Å². The molecule has 0 aromatic heterocycles. The van der Waals surface area contributed by atoms with Gasteiger partial charge in [-0.15, -0.1) is 0 Å². The quantitative estimate of drug-likeness (QED) is 0.795. The van der Waals surface area contributed by atoms with E-state index in [2.05, 4.69) is 27.8 Å². The number of hydrogen-bond donors (Lipinski definition) is 0. The first-order valence-corrected chi connectivity index (χ1v) is 6.14. The van der Waals surface area contributed by atoms with Gasteiger partial charge in [0.2, 0.25) is 0 Å². The van der Waals surface area contributed by atoms with Crippen LogP contribution in [0.15, 0.2) is 22.7 Å². The Morgan fingerprint density at radius 1 is 1.53 bits per heavy atom. The Bertz CT molecular complexity index is 353. The van der Waals surface area contributed by atoms with Crippen LogP contribution in [0.1, 0.15) is 25.3 Å². The van der Waals surface area contributed by atoms with Crippen molar-refractivity contribution in [3.05, 3.63) is 34.1 Å². The lowest BCUT2D eigenvalue weighted by Gasteiger charge is -2.21. The molecule has 1 fully saturated rings. The molecule has 1 aliphatic rings. The average Bonchev–Trinajstić information content (AvgIpc) is 2.57. The minimum Gasteiger partial charge on any atom is -0.296 e. The van der Waals surface area contributed by atoms with Crippen LogP contribution in [0.25, 0.3) is 0 Å². The summed E-state index contributed by atoms with van der Waals surface area (Å²) in [5.41, 5.74) is 1.17. The van der Waals surface area contributed by atoms with Gasteiger partial charge in [-0.25, -0.2) is 4.39 Å². The number of benzene rings is 1. The van der Waals surface area contributed by atoms with E-state index in [1.54, 1.807) is 0 Å². The van der Waals surface area contributed by atoms with Gasteiger partial charge < -0.3 is 0 Å². The Morgan fingerprint density at radius 2 is 2.33 bits per heavy atom. The minimum absolute atomic E-state index is 0.180. The number of halogens is 2. The van der Waals surface area contributed by atoms with Crippen molar-refractivity contribution in [3.8, 4) is 0 Å². The van der Waals surface area contributed by atoms with Crippen molar-refractivity contribution in [2.75, 3.05) is 6.54 Å². The molecule has 0 saturated carbocycles. The number of hydrogen-bond acceptors (Lipinski definition) is 1. The SMILES string of the molecule is C[C@@H]1CCCN1Cc1ccc(F)cc1Br. The Balaban J connectivity index is 2.10. The van der Waals surface area contributed by atoms with Gasteiger partial charge in [-0.1, -0.05) is 22.0 Å². The predicted octanol–water partition coefficient (Wildman–Crippen LogP) is 3.57. The summed E-state index contributed by atoms with van der Waals surface area (Å²) in [4.78, 5) is 2.44. The topological polar surface area (TPSA) is 3.24 Å². The molecule has 3 heteroatoms. The first-order valence-electron chi connectivity index (χ1n) is 5.35. The Kier molecular flexibility index (Phi) is 3.42. The lowest BCUT2D eigenvalue weighted by Crippen LogP contribution is -2.26. The molecule has 0 bridgehead atoms. The van der Waals surface area contributed by atoms with Crippen molar-refractivity contribution in [1.29, 1.82) is 0 Å². The van der Waals surface area contributed by atoms with Crippen LogP contribution in [0.4, 0.5) is 4.39 Å². The molecule has 1 atom stereocenters. The molecule has 1 aromatic rings. The van der Waals surface area contributed by atoms with E-state index in [1.165, 1.54) is 30.5 Å². The van der Waals surface area contributed by atoms with E-state index >= 15 is 0 Å². The van der Waals surface area contributed by atoms with Gasteiger partial charge in [0.25, 0.3) is 0 Å². The molecule has 0 spiro atoms. The van der Waals surface area contributed by atoms with Gasteiger partial charge in [0.15, 0.2) is 0 Å². The second-order valence-corrected chi connectivity index (χ2v) is 5.05. The monoisotopic (exact) mass is 271 g/mol. The van der Waals surface area contributed by atoms with Gasteiger partial charge in [-0.05, 0) is 44.0 Å². The fourth-order valence-corrected chi connectivity index (χ4v) is 2.57. The van der Waals surface area contributed by atoms with Crippen LogP contribution in [-0.4, -0.2) is 17.5 Å². The van der Waals surface area contributed by atoms with Gasteiger partial charge in [0.05, 0.1) is 0 Å². The van der Waals surface area contributed by atoms with Gasteiger partial charge in [0.1, 0.15) is 5.82 Å².